The second-order valence-electron chi connectivity index (χ2n) is 3.79. The molecule has 3 aromatic heterocycles. The number of tetrazole rings is 1. The van der Waals surface area contributed by atoms with E-state index in [1.54, 1.807) is 0 Å². The largest absolute Gasteiger partial charge is 0.465 e. The molecule has 0 bridgehead atoms. The minimum absolute atomic E-state index is 0.0511. The number of ether oxygens (including phenoxy) is 1. The number of hydrogen-bond acceptors (Lipinski definition) is 8. The molecule has 9 nitrogen and oxygen atoms in total. The van der Waals surface area contributed by atoms with Gasteiger partial charge in [-0.2, -0.15) is 9.07 Å². The van der Waals surface area contributed by atoms with Crippen LogP contribution in [0.15, 0.2) is 22.7 Å². The predicted molar refractivity (Wildman–Crippen MR) is 68.6 cm³/mol. The molecule has 0 aliphatic carbocycles. The Morgan fingerprint density at radius 2 is 2.29 bits per heavy atom. The Bertz CT molecular complexity index is 876. The monoisotopic (exact) mass is 311 g/mol. The van der Waals surface area contributed by atoms with Crippen LogP contribution in [0.2, 0.25) is 0 Å². The summed E-state index contributed by atoms with van der Waals surface area (Å²) in [6.07, 6.45) is 1.02. The molecule has 0 spiro atoms. The van der Waals surface area contributed by atoms with E-state index in [2.05, 4.69) is 25.4 Å². The van der Waals surface area contributed by atoms with E-state index in [-0.39, 0.29) is 29.4 Å². The maximum absolute atomic E-state index is 13.9. The molecule has 3 heterocycles. The molecule has 0 saturated carbocycles. The van der Waals surface area contributed by atoms with Crippen molar-refractivity contribution in [3.63, 3.8) is 0 Å². The predicted octanol–water partition coefficient (Wildman–Crippen LogP) is -0.0694. The molecule has 3 rings (SSSR count). The Balaban J connectivity index is 1.96. The molecule has 0 radical (unpaired) electrons. The van der Waals surface area contributed by atoms with Gasteiger partial charge in [0.15, 0.2) is 5.82 Å². The number of hydrogen-bond donors (Lipinski definition) is 0. The van der Waals surface area contributed by atoms with Gasteiger partial charge in [0.1, 0.15) is 12.9 Å². The van der Waals surface area contributed by atoms with Gasteiger partial charge in [0.25, 0.3) is 5.19 Å². The average molecular weight is 311 g/mol. The summed E-state index contributed by atoms with van der Waals surface area (Å²) < 4.78 is 28.4. The highest BCUT2D eigenvalue weighted by Crippen LogP contribution is 2.18. The summed E-state index contributed by atoms with van der Waals surface area (Å²) >= 11 is 1.10. The number of thiazole rings is 1. The lowest BCUT2D eigenvalue weighted by molar-refractivity contribution is 0.294. The quantitative estimate of drug-likeness (QED) is 0.622. The molecule has 11 heteroatoms. The zero-order valence-electron chi connectivity index (χ0n) is 11.6. The van der Waals surface area contributed by atoms with Crippen molar-refractivity contribution in [3.05, 3.63) is 39.9 Å². The zero-order valence-corrected chi connectivity index (χ0v) is 11.4. The van der Waals surface area contributed by atoms with Gasteiger partial charge in [-0.15, -0.1) is 4.68 Å². The molecule has 0 aromatic carbocycles. The molecular weight excluding hydrogens is 301 g/mol. The smallest absolute Gasteiger partial charge is 0.369 e. The SMILES string of the molecule is [3H]c1csc(OCc2c(F)ncnc2-n2nnn(C)c2=O)n1. The Labute approximate surface area is 122 Å². The number of halogens is 1. The maximum Gasteiger partial charge on any atom is 0.369 e. The summed E-state index contributed by atoms with van der Waals surface area (Å²) in [5.41, 5.74) is -0.645. The van der Waals surface area contributed by atoms with Gasteiger partial charge in [0, 0.05) is 18.6 Å². The average Bonchev–Trinajstić information content (AvgIpc) is 3.05. The van der Waals surface area contributed by atoms with Crippen molar-refractivity contribution in [3.8, 4) is 11.0 Å². The Kier molecular flexibility index (Phi) is 3.08. The Morgan fingerprint density at radius 1 is 1.43 bits per heavy atom. The normalized spacial score (nSPS) is 11.4. The fourth-order valence-electron chi connectivity index (χ4n) is 1.52. The minimum atomic E-state index is -0.842. The first-order valence-corrected chi connectivity index (χ1v) is 6.48. The summed E-state index contributed by atoms with van der Waals surface area (Å²) in [5, 5.41) is 8.82. The van der Waals surface area contributed by atoms with E-state index >= 15 is 0 Å². The van der Waals surface area contributed by atoms with Crippen molar-refractivity contribution in [2.24, 2.45) is 7.05 Å². The minimum Gasteiger partial charge on any atom is -0.465 e. The summed E-state index contributed by atoms with van der Waals surface area (Å²) in [6, 6.07) is 0. The summed E-state index contributed by atoms with van der Waals surface area (Å²) in [4.78, 5) is 22.9. The van der Waals surface area contributed by atoms with Crippen LogP contribution in [0.5, 0.6) is 5.19 Å². The third-order valence-electron chi connectivity index (χ3n) is 2.50. The third kappa shape index (κ3) is 2.50. The molecule has 0 aliphatic rings. The van der Waals surface area contributed by atoms with E-state index in [1.807, 2.05) is 0 Å². The second kappa shape index (κ2) is 5.36. The topological polar surface area (TPSA) is 101 Å². The molecule has 0 saturated heterocycles. The molecule has 0 amide bonds. The molecular formula is C10H8FN7O2S. The van der Waals surface area contributed by atoms with Crippen molar-refractivity contribution in [1.82, 2.24) is 34.7 Å². The van der Waals surface area contributed by atoms with E-state index in [9.17, 15) is 9.18 Å². The van der Waals surface area contributed by atoms with E-state index in [0.29, 0.717) is 0 Å². The first-order valence-electron chi connectivity index (χ1n) is 6.10. The number of nitrogens with zero attached hydrogens (tertiary/aromatic N) is 7. The van der Waals surface area contributed by atoms with Gasteiger partial charge in [-0.25, -0.2) is 19.7 Å². The van der Waals surface area contributed by atoms with Crippen LogP contribution in [0, 0.1) is 5.95 Å². The first kappa shape index (κ1) is 12.1. The summed E-state index contributed by atoms with van der Waals surface area (Å²) in [7, 11) is 1.41. The Morgan fingerprint density at radius 3 is 2.95 bits per heavy atom. The fourth-order valence-corrected chi connectivity index (χ4v) is 1.96. The Hall–Kier alpha value is -2.69. The van der Waals surface area contributed by atoms with Crippen molar-refractivity contribution in [1.29, 1.82) is 0 Å². The van der Waals surface area contributed by atoms with Gasteiger partial charge in [0.05, 0.1) is 6.93 Å². The fraction of sp³-hybridized carbons (Fsp3) is 0.200. The molecule has 0 fully saturated rings. The van der Waals surface area contributed by atoms with E-state index in [4.69, 9.17) is 6.11 Å². The molecule has 108 valence electrons. The number of aryl methyl sites for hydroxylation is 1. The van der Waals surface area contributed by atoms with Crippen molar-refractivity contribution >= 4 is 11.3 Å². The molecule has 21 heavy (non-hydrogen) atoms. The lowest BCUT2D eigenvalue weighted by Crippen LogP contribution is -2.24. The van der Waals surface area contributed by atoms with Crippen LogP contribution in [0.4, 0.5) is 4.39 Å². The van der Waals surface area contributed by atoms with Gasteiger partial charge in [-0.1, -0.05) is 11.3 Å². The van der Waals surface area contributed by atoms with Crippen LogP contribution in [0.25, 0.3) is 5.82 Å². The maximum atomic E-state index is 13.9. The second-order valence-corrected chi connectivity index (χ2v) is 4.62. The van der Waals surface area contributed by atoms with Crippen LogP contribution >= 0.6 is 11.3 Å². The van der Waals surface area contributed by atoms with Crippen LogP contribution in [-0.4, -0.2) is 34.7 Å². The highest BCUT2D eigenvalue weighted by molar-refractivity contribution is 7.11. The number of aromatic nitrogens is 7. The summed E-state index contributed by atoms with van der Waals surface area (Å²) in [6.45, 7) is -0.266. The highest BCUT2D eigenvalue weighted by atomic mass is 32.1. The van der Waals surface area contributed by atoms with E-state index in [1.165, 1.54) is 12.4 Å². The zero-order chi connectivity index (χ0) is 15.7. The highest BCUT2D eigenvalue weighted by Gasteiger charge is 2.18. The van der Waals surface area contributed by atoms with Crippen LogP contribution in [0.1, 0.15) is 6.93 Å². The molecule has 3 aromatic rings. The first-order chi connectivity index (χ1) is 10.6. The van der Waals surface area contributed by atoms with Crippen LogP contribution in [0.3, 0.4) is 0 Å². The summed E-state index contributed by atoms with van der Waals surface area (Å²) in [5.74, 6) is -0.904. The van der Waals surface area contributed by atoms with Crippen LogP contribution < -0.4 is 10.4 Å². The van der Waals surface area contributed by atoms with Crippen molar-refractivity contribution < 1.29 is 10.5 Å². The van der Waals surface area contributed by atoms with Crippen molar-refractivity contribution in [2.45, 2.75) is 6.61 Å². The lowest BCUT2D eigenvalue weighted by Gasteiger charge is -2.07. The molecule has 0 N–H and O–H groups in total. The van der Waals surface area contributed by atoms with Crippen LogP contribution in [-0.2, 0) is 13.7 Å². The molecule has 0 aliphatic heterocycles. The molecule has 0 unspecified atom stereocenters. The van der Waals surface area contributed by atoms with Gasteiger partial charge >= 0.3 is 5.69 Å². The van der Waals surface area contributed by atoms with Gasteiger partial charge in [-0.05, 0) is 10.4 Å². The van der Waals surface area contributed by atoms with Gasteiger partial charge in [-0.3, -0.25) is 0 Å². The van der Waals surface area contributed by atoms with Gasteiger partial charge < -0.3 is 4.74 Å². The van der Waals surface area contributed by atoms with E-state index < -0.39 is 11.6 Å². The third-order valence-corrected chi connectivity index (χ3v) is 3.13. The van der Waals surface area contributed by atoms with Gasteiger partial charge in [0.2, 0.25) is 5.95 Å². The standard InChI is InChI=1S/C10H8FN7O2S/c1-17-10(19)18(16-15-17)8-6(7(11)13-5-14-8)4-20-9-12-2-3-21-9/h2-3,5H,4H2,1H3/i2T. The number of rotatable bonds is 4. The van der Waals surface area contributed by atoms with Crippen molar-refractivity contribution in [2.75, 3.05) is 0 Å². The molecule has 0 atom stereocenters. The van der Waals surface area contributed by atoms with E-state index in [0.717, 1.165) is 27.0 Å². The lowest BCUT2D eigenvalue weighted by atomic mass is 10.3.